The lowest BCUT2D eigenvalue weighted by atomic mass is 9.97. The number of hydrogen-bond donors (Lipinski definition) is 1. The van der Waals surface area contributed by atoms with Gasteiger partial charge in [0.15, 0.2) is 0 Å². The van der Waals surface area contributed by atoms with E-state index in [-0.39, 0.29) is 11.4 Å². The highest BCUT2D eigenvalue weighted by molar-refractivity contribution is 9.10. The average Bonchev–Trinajstić information content (AvgIpc) is 2.26. The van der Waals surface area contributed by atoms with E-state index in [0.29, 0.717) is 17.9 Å². The molecule has 0 radical (unpaired) electrons. The fraction of sp³-hybridized carbons (Fsp3) is 0.538. The van der Waals surface area contributed by atoms with E-state index >= 15 is 0 Å². The minimum atomic E-state index is -2.98. The topological polar surface area (TPSA) is 69.4 Å². The van der Waals surface area contributed by atoms with Gasteiger partial charge in [-0.1, -0.05) is 15.9 Å². The van der Waals surface area contributed by atoms with Crippen molar-refractivity contribution in [2.75, 3.05) is 12.0 Å². The molecule has 2 atom stereocenters. The number of ether oxygens (including phenoxy) is 1. The number of halogens is 1. The van der Waals surface area contributed by atoms with Gasteiger partial charge in [0.05, 0.1) is 11.4 Å². The molecule has 0 bridgehead atoms. The summed E-state index contributed by atoms with van der Waals surface area (Å²) in [5.41, 5.74) is 6.38. The normalized spacial score (nSPS) is 24.1. The van der Waals surface area contributed by atoms with E-state index in [2.05, 4.69) is 15.9 Å². The second-order valence-corrected chi connectivity index (χ2v) is 8.32. The first-order chi connectivity index (χ1) is 8.84. The predicted molar refractivity (Wildman–Crippen MR) is 80.1 cm³/mol. The Morgan fingerprint density at radius 2 is 2.05 bits per heavy atom. The molecule has 0 aliphatic heterocycles. The monoisotopic (exact) mass is 347 g/mol. The van der Waals surface area contributed by atoms with Crippen LogP contribution in [0.3, 0.4) is 0 Å². The minimum absolute atomic E-state index is 0.0535. The van der Waals surface area contributed by atoms with Crippen LogP contribution in [-0.2, 0) is 9.84 Å². The number of nitrogen functional groups attached to an aromatic ring is 1. The van der Waals surface area contributed by atoms with Crippen LogP contribution in [0, 0.1) is 0 Å². The maximum Gasteiger partial charge on any atom is 0.150 e. The molecular formula is C13H18BrNO3S. The predicted octanol–water partition coefficient (Wildman–Crippen LogP) is 2.77. The van der Waals surface area contributed by atoms with Crippen molar-refractivity contribution in [3.8, 4) is 5.75 Å². The molecule has 6 heteroatoms. The fourth-order valence-electron chi connectivity index (χ4n) is 2.44. The summed E-state index contributed by atoms with van der Waals surface area (Å²) in [5.74, 6) is 0.686. The third-order valence-electron chi connectivity index (χ3n) is 3.38. The number of anilines is 1. The Balaban J connectivity index is 2.06. The molecule has 1 aromatic rings. The summed E-state index contributed by atoms with van der Waals surface area (Å²) in [6.07, 6.45) is 4.31. The molecule has 1 saturated carbocycles. The molecule has 0 spiro atoms. The Bertz CT molecular complexity index is 539. The van der Waals surface area contributed by atoms with Crippen molar-refractivity contribution in [1.29, 1.82) is 0 Å². The third-order valence-corrected chi connectivity index (χ3v) is 5.48. The van der Waals surface area contributed by atoms with E-state index < -0.39 is 9.84 Å². The quantitative estimate of drug-likeness (QED) is 0.853. The first kappa shape index (κ1) is 14.7. The largest absolute Gasteiger partial charge is 0.490 e. The number of hydrogen-bond acceptors (Lipinski definition) is 4. The zero-order valence-electron chi connectivity index (χ0n) is 10.8. The molecule has 2 N–H and O–H groups in total. The minimum Gasteiger partial charge on any atom is -0.490 e. The zero-order chi connectivity index (χ0) is 14.0. The van der Waals surface area contributed by atoms with Gasteiger partial charge < -0.3 is 10.5 Å². The van der Waals surface area contributed by atoms with Gasteiger partial charge in [-0.3, -0.25) is 0 Å². The van der Waals surface area contributed by atoms with Gasteiger partial charge in [0.1, 0.15) is 15.6 Å². The number of rotatable bonds is 3. The Morgan fingerprint density at radius 1 is 1.32 bits per heavy atom. The van der Waals surface area contributed by atoms with E-state index in [9.17, 15) is 8.42 Å². The van der Waals surface area contributed by atoms with Crippen LogP contribution in [0.4, 0.5) is 5.69 Å². The molecule has 0 amide bonds. The van der Waals surface area contributed by atoms with Crippen LogP contribution >= 0.6 is 15.9 Å². The molecule has 1 aliphatic rings. The van der Waals surface area contributed by atoms with E-state index in [1.165, 1.54) is 6.26 Å². The Labute approximate surface area is 122 Å². The Hall–Kier alpha value is -0.750. The number of benzene rings is 1. The third kappa shape index (κ3) is 4.11. The van der Waals surface area contributed by atoms with Crippen LogP contribution in [0.1, 0.15) is 25.7 Å². The second kappa shape index (κ2) is 5.71. The maximum atomic E-state index is 11.6. The summed E-state index contributed by atoms with van der Waals surface area (Å²) >= 11 is 3.37. The molecule has 0 aromatic heterocycles. The highest BCUT2D eigenvalue weighted by Crippen LogP contribution is 2.29. The summed E-state index contributed by atoms with van der Waals surface area (Å²) in [5, 5.41) is -0.282. The summed E-state index contributed by atoms with van der Waals surface area (Å²) in [7, 11) is -2.98. The van der Waals surface area contributed by atoms with Gasteiger partial charge >= 0.3 is 0 Å². The Kier molecular flexibility index (Phi) is 4.40. The highest BCUT2D eigenvalue weighted by Gasteiger charge is 2.29. The first-order valence-corrected chi connectivity index (χ1v) is 9.01. The van der Waals surface area contributed by atoms with Crippen LogP contribution in [-0.4, -0.2) is 26.0 Å². The molecule has 1 fully saturated rings. The standard InChI is InChI=1S/C13H18BrNO3S/c1-19(16,17)13-4-2-3-11(8-13)18-12-6-9(14)5-10(15)7-12/h5-7,11,13H,2-4,8,15H2,1H3. The smallest absolute Gasteiger partial charge is 0.150 e. The maximum absolute atomic E-state index is 11.6. The van der Waals surface area contributed by atoms with Crippen molar-refractivity contribution in [3.63, 3.8) is 0 Å². The van der Waals surface area contributed by atoms with Crippen LogP contribution in [0.2, 0.25) is 0 Å². The van der Waals surface area contributed by atoms with Gasteiger partial charge in [-0.05, 0) is 31.4 Å². The molecule has 0 heterocycles. The molecule has 1 aromatic carbocycles. The van der Waals surface area contributed by atoms with E-state index in [0.717, 1.165) is 23.7 Å². The summed E-state index contributed by atoms with van der Waals surface area (Å²) in [4.78, 5) is 0. The van der Waals surface area contributed by atoms with Crippen molar-refractivity contribution >= 4 is 31.5 Å². The van der Waals surface area contributed by atoms with Crippen molar-refractivity contribution < 1.29 is 13.2 Å². The molecule has 0 saturated heterocycles. The summed E-state index contributed by atoms with van der Waals surface area (Å²) in [6.45, 7) is 0. The lowest BCUT2D eigenvalue weighted by Crippen LogP contribution is -2.33. The lowest BCUT2D eigenvalue weighted by molar-refractivity contribution is 0.156. The molecule has 2 unspecified atom stereocenters. The molecule has 4 nitrogen and oxygen atoms in total. The van der Waals surface area contributed by atoms with Crippen molar-refractivity contribution in [2.24, 2.45) is 0 Å². The van der Waals surface area contributed by atoms with Gasteiger partial charge in [-0.15, -0.1) is 0 Å². The van der Waals surface area contributed by atoms with E-state index in [1.54, 1.807) is 12.1 Å². The molecule has 106 valence electrons. The van der Waals surface area contributed by atoms with Gasteiger partial charge in [0.2, 0.25) is 0 Å². The number of nitrogens with two attached hydrogens (primary N) is 1. The highest BCUT2D eigenvalue weighted by atomic mass is 79.9. The molecular weight excluding hydrogens is 330 g/mol. The van der Waals surface area contributed by atoms with Crippen LogP contribution in [0.15, 0.2) is 22.7 Å². The first-order valence-electron chi connectivity index (χ1n) is 6.26. The van der Waals surface area contributed by atoms with Crippen LogP contribution in [0.25, 0.3) is 0 Å². The zero-order valence-corrected chi connectivity index (χ0v) is 13.2. The fourth-order valence-corrected chi connectivity index (χ4v) is 4.09. The summed E-state index contributed by atoms with van der Waals surface area (Å²) in [6, 6.07) is 5.41. The molecule has 2 rings (SSSR count). The Morgan fingerprint density at radius 3 is 2.68 bits per heavy atom. The summed E-state index contributed by atoms with van der Waals surface area (Å²) < 4.78 is 29.9. The molecule has 19 heavy (non-hydrogen) atoms. The van der Waals surface area contributed by atoms with Crippen molar-refractivity contribution in [2.45, 2.75) is 37.0 Å². The van der Waals surface area contributed by atoms with Gasteiger partial charge in [0, 0.05) is 28.9 Å². The SMILES string of the molecule is CS(=O)(=O)C1CCCC(Oc2cc(N)cc(Br)c2)C1. The van der Waals surface area contributed by atoms with Crippen LogP contribution < -0.4 is 10.5 Å². The van der Waals surface area contributed by atoms with Crippen LogP contribution in [0.5, 0.6) is 5.75 Å². The van der Waals surface area contributed by atoms with E-state index in [1.807, 2.05) is 6.07 Å². The lowest BCUT2D eigenvalue weighted by Gasteiger charge is -2.28. The second-order valence-electron chi connectivity index (χ2n) is 5.08. The average molecular weight is 348 g/mol. The van der Waals surface area contributed by atoms with Gasteiger partial charge in [-0.25, -0.2) is 8.42 Å². The molecule has 1 aliphatic carbocycles. The van der Waals surface area contributed by atoms with E-state index in [4.69, 9.17) is 10.5 Å². The number of sulfone groups is 1. The van der Waals surface area contributed by atoms with Gasteiger partial charge in [0.25, 0.3) is 0 Å². The van der Waals surface area contributed by atoms with Gasteiger partial charge in [-0.2, -0.15) is 0 Å². The van der Waals surface area contributed by atoms with Crippen molar-refractivity contribution in [3.05, 3.63) is 22.7 Å². The van der Waals surface area contributed by atoms with Crippen molar-refractivity contribution in [1.82, 2.24) is 0 Å².